The van der Waals surface area contributed by atoms with Gasteiger partial charge in [-0.3, -0.25) is 14.6 Å². The molecule has 1 atom stereocenters. The number of pyridine rings is 1. The predicted octanol–water partition coefficient (Wildman–Crippen LogP) is 4.60. The number of rotatable bonds is 10. The molecule has 9 heteroatoms. The van der Waals surface area contributed by atoms with Crippen molar-refractivity contribution in [3.63, 3.8) is 0 Å². The number of nitrogens with two attached hydrogens (primary N) is 1. The number of carbonyl (C=O) groups is 2. The molecule has 1 aromatic heterocycles. The number of hydrogen-bond acceptors (Lipinski definition) is 5. The van der Waals surface area contributed by atoms with Crippen LogP contribution >= 0.6 is 0 Å². The van der Waals surface area contributed by atoms with Crippen LogP contribution in [0.25, 0.3) is 11.3 Å². The van der Waals surface area contributed by atoms with Crippen LogP contribution in [-0.4, -0.2) is 71.1 Å². The second-order valence-corrected chi connectivity index (χ2v) is 10.5. The molecule has 2 aliphatic rings. The molecular weight excluding hydrogens is 490 g/mol. The van der Waals surface area contributed by atoms with Gasteiger partial charge in [-0.1, -0.05) is 19.9 Å². The van der Waals surface area contributed by atoms with Gasteiger partial charge in [-0.25, -0.2) is 8.78 Å². The molecule has 3 heterocycles. The van der Waals surface area contributed by atoms with Gasteiger partial charge < -0.3 is 20.3 Å². The first-order chi connectivity index (χ1) is 18.2. The van der Waals surface area contributed by atoms with E-state index in [0.29, 0.717) is 68.3 Å². The summed E-state index contributed by atoms with van der Waals surface area (Å²) in [4.78, 5) is 32.4. The van der Waals surface area contributed by atoms with E-state index in [1.54, 1.807) is 24.4 Å². The third-order valence-electron chi connectivity index (χ3n) is 8.04. The van der Waals surface area contributed by atoms with Crippen molar-refractivity contribution in [1.82, 2.24) is 14.8 Å². The van der Waals surface area contributed by atoms with E-state index >= 15 is 0 Å². The molecule has 38 heavy (non-hydrogen) atoms. The largest absolute Gasteiger partial charge is 0.492 e. The van der Waals surface area contributed by atoms with Crippen LogP contribution in [0.4, 0.5) is 8.78 Å². The Morgan fingerprint density at radius 1 is 1.11 bits per heavy atom. The average molecular weight is 529 g/mol. The molecule has 4 rings (SSSR count). The minimum Gasteiger partial charge on any atom is -0.492 e. The fourth-order valence-electron chi connectivity index (χ4n) is 5.34. The van der Waals surface area contributed by atoms with E-state index in [1.165, 1.54) is 17.0 Å². The molecule has 2 aromatic rings. The van der Waals surface area contributed by atoms with Crippen LogP contribution in [0.3, 0.4) is 0 Å². The summed E-state index contributed by atoms with van der Waals surface area (Å²) in [7, 11) is 0. The number of halogens is 2. The Bertz CT molecular complexity index is 1120. The van der Waals surface area contributed by atoms with Crippen molar-refractivity contribution in [2.75, 3.05) is 32.8 Å². The lowest BCUT2D eigenvalue weighted by atomic mass is 9.94. The number of carbonyl (C=O) groups excluding carboxylic acids is 2. The summed E-state index contributed by atoms with van der Waals surface area (Å²) < 4.78 is 35.6. The number of ether oxygens (including phenoxy) is 1. The highest BCUT2D eigenvalue weighted by atomic mass is 19.1. The summed E-state index contributed by atoms with van der Waals surface area (Å²) in [6.07, 6.45) is 5.79. The summed E-state index contributed by atoms with van der Waals surface area (Å²) in [5, 5.41) is 0. The van der Waals surface area contributed by atoms with Gasteiger partial charge >= 0.3 is 0 Å². The molecule has 206 valence electrons. The maximum atomic E-state index is 14.9. The summed E-state index contributed by atoms with van der Waals surface area (Å²) in [5.41, 5.74) is 5.30. The van der Waals surface area contributed by atoms with Crippen molar-refractivity contribution in [3.8, 4) is 17.0 Å². The number of nitrogens with zero attached hydrogens (tertiary/aromatic N) is 3. The van der Waals surface area contributed by atoms with Gasteiger partial charge in [0.2, 0.25) is 5.91 Å². The average Bonchev–Trinajstić information content (AvgIpc) is 3.43. The predicted molar refractivity (Wildman–Crippen MR) is 142 cm³/mol. The Morgan fingerprint density at radius 2 is 1.84 bits per heavy atom. The van der Waals surface area contributed by atoms with Crippen LogP contribution in [0.15, 0.2) is 36.5 Å². The molecule has 0 spiro atoms. The third-order valence-corrected chi connectivity index (χ3v) is 8.04. The Labute approximate surface area is 223 Å². The summed E-state index contributed by atoms with van der Waals surface area (Å²) in [5.74, 6) is -0.727. The molecule has 0 unspecified atom stereocenters. The second kappa shape index (κ2) is 12.2. The lowest BCUT2D eigenvalue weighted by Gasteiger charge is -2.36. The third kappa shape index (κ3) is 6.49. The number of aromatic nitrogens is 1. The zero-order valence-electron chi connectivity index (χ0n) is 22.3. The van der Waals surface area contributed by atoms with Crippen LogP contribution in [0, 0.1) is 11.7 Å². The van der Waals surface area contributed by atoms with Crippen molar-refractivity contribution in [2.24, 2.45) is 11.7 Å². The molecule has 2 fully saturated rings. The van der Waals surface area contributed by atoms with E-state index < -0.39 is 29.3 Å². The molecule has 2 amide bonds. The Hall–Kier alpha value is -3.07. The van der Waals surface area contributed by atoms with Gasteiger partial charge in [-0.2, -0.15) is 0 Å². The zero-order valence-corrected chi connectivity index (χ0v) is 22.3. The number of hydrogen-bond donors (Lipinski definition) is 1. The smallest absolute Gasteiger partial charge is 0.257 e. The van der Waals surface area contributed by atoms with Gasteiger partial charge in [0, 0.05) is 18.7 Å². The van der Waals surface area contributed by atoms with Crippen LogP contribution < -0.4 is 10.5 Å². The van der Waals surface area contributed by atoms with Gasteiger partial charge in [-0.15, -0.1) is 0 Å². The van der Waals surface area contributed by atoms with Gasteiger partial charge in [0.1, 0.15) is 23.3 Å². The van der Waals surface area contributed by atoms with E-state index in [1.807, 2.05) is 13.8 Å². The fourth-order valence-corrected chi connectivity index (χ4v) is 5.34. The minimum atomic E-state index is -1.10. The summed E-state index contributed by atoms with van der Waals surface area (Å²) in [6, 6.07) is 7.22. The SMILES string of the molecule is CCC(F)(CC)CN1CCC(COc2ccc(-c3ccc(C(=O)N4CCC[C@H]4C(N)=O)c(F)c3)nc2)CC1. The van der Waals surface area contributed by atoms with E-state index in [-0.39, 0.29) is 5.56 Å². The Balaban J connectivity index is 1.30. The molecular formula is C29H38F2N4O3. The molecule has 7 nitrogen and oxygen atoms in total. The van der Waals surface area contributed by atoms with Gasteiger partial charge in [-0.05, 0) is 81.8 Å². The van der Waals surface area contributed by atoms with E-state index in [9.17, 15) is 18.4 Å². The molecule has 0 saturated carbocycles. The lowest BCUT2D eigenvalue weighted by molar-refractivity contribution is -0.121. The molecule has 2 N–H and O–H groups in total. The van der Waals surface area contributed by atoms with Gasteiger partial charge in [0.25, 0.3) is 5.91 Å². The fraction of sp³-hybridized carbons (Fsp3) is 0.552. The van der Waals surface area contributed by atoms with Crippen molar-refractivity contribution in [1.29, 1.82) is 0 Å². The summed E-state index contributed by atoms with van der Waals surface area (Å²) in [6.45, 7) is 7.03. The molecule has 2 saturated heterocycles. The molecule has 0 radical (unpaired) electrons. The number of amides is 2. The standard InChI is InChI=1S/C29H38F2N4O3/c1-3-29(31,4-2)19-34-14-11-20(12-15-34)18-38-22-8-10-25(33-17-22)21-7-9-23(24(30)16-21)28(37)35-13-5-6-26(35)27(32)36/h7-10,16-17,20,26H,3-6,11-15,18-19H2,1-2H3,(H2,32,36)/t26-/m0/s1. The second-order valence-electron chi connectivity index (χ2n) is 10.5. The molecule has 0 bridgehead atoms. The van der Waals surface area contributed by atoms with Crippen molar-refractivity contribution in [3.05, 3.63) is 47.9 Å². The summed E-state index contributed by atoms with van der Waals surface area (Å²) >= 11 is 0. The van der Waals surface area contributed by atoms with Crippen LogP contribution in [0.1, 0.15) is 62.7 Å². The van der Waals surface area contributed by atoms with E-state index in [4.69, 9.17) is 10.5 Å². The maximum Gasteiger partial charge on any atom is 0.257 e. The molecule has 0 aliphatic carbocycles. The molecule has 2 aliphatic heterocycles. The van der Waals surface area contributed by atoms with Crippen LogP contribution in [-0.2, 0) is 4.79 Å². The lowest BCUT2D eigenvalue weighted by Crippen LogP contribution is -2.44. The monoisotopic (exact) mass is 528 g/mol. The van der Waals surface area contributed by atoms with Crippen LogP contribution in [0.5, 0.6) is 5.75 Å². The number of piperidine rings is 1. The Kier molecular flexibility index (Phi) is 8.97. The first-order valence-corrected chi connectivity index (χ1v) is 13.6. The number of benzene rings is 1. The first kappa shape index (κ1) is 28.0. The molecule has 1 aromatic carbocycles. The minimum absolute atomic E-state index is 0.0884. The first-order valence-electron chi connectivity index (χ1n) is 13.6. The highest BCUT2D eigenvalue weighted by Gasteiger charge is 2.34. The quantitative estimate of drug-likeness (QED) is 0.487. The number of likely N-dealkylation sites (tertiary alicyclic amines) is 2. The van der Waals surface area contributed by atoms with Gasteiger partial charge in [0.05, 0.1) is 24.1 Å². The highest BCUT2D eigenvalue weighted by molar-refractivity contribution is 5.98. The maximum absolute atomic E-state index is 14.9. The normalized spacial score (nSPS) is 19.1. The van der Waals surface area contributed by atoms with E-state index in [0.717, 1.165) is 25.9 Å². The van der Waals surface area contributed by atoms with Crippen molar-refractivity contribution >= 4 is 11.8 Å². The van der Waals surface area contributed by atoms with Gasteiger partial charge in [0.15, 0.2) is 0 Å². The van der Waals surface area contributed by atoms with Crippen molar-refractivity contribution in [2.45, 2.75) is 64.1 Å². The topological polar surface area (TPSA) is 88.8 Å². The van der Waals surface area contributed by atoms with E-state index in [2.05, 4.69) is 9.88 Å². The number of primary amides is 1. The Morgan fingerprint density at radius 3 is 2.45 bits per heavy atom. The zero-order chi connectivity index (χ0) is 27.3. The van der Waals surface area contributed by atoms with Crippen molar-refractivity contribution < 1.29 is 23.1 Å². The highest BCUT2D eigenvalue weighted by Crippen LogP contribution is 2.28. The van der Waals surface area contributed by atoms with Crippen LogP contribution in [0.2, 0.25) is 0 Å². The number of alkyl halides is 1.